The van der Waals surface area contributed by atoms with Crippen LogP contribution in [0, 0.1) is 19.7 Å². The number of rotatable bonds is 7. The molecule has 0 aliphatic heterocycles. The van der Waals surface area contributed by atoms with E-state index in [-0.39, 0.29) is 11.6 Å². The van der Waals surface area contributed by atoms with Crippen molar-refractivity contribution in [1.29, 1.82) is 0 Å². The molecule has 2 N–H and O–H groups in total. The zero-order valence-electron chi connectivity index (χ0n) is 20.2. The van der Waals surface area contributed by atoms with Gasteiger partial charge in [-0.05, 0) is 44.5 Å². The summed E-state index contributed by atoms with van der Waals surface area (Å²) in [6.07, 6.45) is -6.83. The van der Waals surface area contributed by atoms with E-state index in [1.807, 2.05) is 0 Å². The summed E-state index contributed by atoms with van der Waals surface area (Å²) >= 11 is 0. The maximum absolute atomic E-state index is 14.9. The number of aryl methyl sites for hydroxylation is 1. The van der Waals surface area contributed by atoms with E-state index in [2.05, 4.69) is 15.6 Å². The van der Waals surface area contributed by atoms with Gasteiger partial charge in [-0.2, -0.15) is 13.2 Å². The molecular weight excluding hydrogens is 498 g/mol. The molecule has 196 valence electrons. The highest BCUT2D eigenvalue weighted by Crippen LogP contribution is 2.34. The Morgan fingerprint density at radius 1 is 1.03 bits per heavy atom. The number of ether oxygens (including phenoxy) is 3. The Hall–Kier alpha value is -4.35. The van der Waals surface area contributed by atoms with E-state index < -0.39 is 47.2 Å². The zero-order valence-corrected chi connectivity index (χ0v) is 20.2. The van der Waals surface area contributed by atoms with Gasteiger partial charge in [0.25, 0.3) is 5.91 Å². The normalized spacial score (nSPS) is 11.9. The lowest BCUT2D eigenvalue weighted by atomic mass is 10.1. The van der Waals surface area contributed by atoms with E-state index in [9.17, 15) is 27.2 Å². The first kappa shape index (κ1) is 27.2. The summed E-state index contributed by atoms with van der Waals surface area (Å²) in [6, 6.07) is 9.40. The fourth-order valence-corrected chi connectivity index (χ4v) is 3.21. The third-order valence-electron chi connectivity index (χ3n) is 5.16. The molecule has 37 heavy (non-hydrogen) atoms. The molecule has 12 heteroatoms. The zero-order chi connectivity index (χ0) is 27.3. The van der Waals surface area contributed by atoms with Crippen LogP contribution in [0.2, 0.25) is 0 Å². The predicted octanol–water partition coefficient (Wildman–Crippen LogP) is 6.04. The van der Waals surface area contributed by atoms with Crippen molar-refractivity contribution in [1.82, 2.24) is 4.98 Å². The quantitative estimate of drug-likeness (QED) is 0.368. The average Bonchev–Trinajstić information content (AvgIpc) is 2.83. The molecule has 0 radical (unpaired) electrons. The smallest absolute Gasteiger partial charge is 0.425 e. The molecule has 2 aromatic carbocycles. The van der Waals surface area contributed by atoms with Gasteiger partial charge in [0.05, 0.1) is 18.4 Å². The molecule has 3 rings (SSSR count). The van der Waals surface area contributed by atoms with Crippen LogP contribution in [-0.2, 0) is 0 Å². The third-order valence-corrected chi connectivity index (χ3v) is 5.16. The Morgan fingerprint density at radius 3 is 2.32 bits per heavy atom. The standard InChI is InChI=1S/C25H23F4N3O5/c1-13-12-30-23(35-4)14(2)21(13)32-22(33)17-10-18(26)20(11-19(17)36-15(3)25(27,28)29)37-24(34)31-16-8-6-5-7-9-16/h5-12,15H,1-4H3,(H,31,34)(H,30,32,33)/t15-/m0/s1. The molecule has 0 spiro atoms. The van der Waals surface area contributed by atoms with Crippen LogP contribution >= 0.6 is 0 Å². The molecule has 3 aromatic rings. The second-order valence-electron chi connectivity index (χ2n) is 7.87. The molecule has 0 aliphatic carbocycles. The highest BCUT2D eigenvalue weighted by atomic mass is 19.4. The first-order valence-corrected chi connectivity index (χ1v) is 10.8. The molecule has 0 bridgehead atoms. The van der Waals surface area contributed by atoms with Gasteiger partial charge >= 0.3 is 12.3 Å². The third kappa shape index (κ3) is 6.66. The number of carbonyl (C=O) groups excluding carboxylic acids is 2. The molecule has 0 unspecified atom stereocenters. The average molecular weight is 521 g/mol. The lowest BCUT2D eigenvalue weighted by molar-refractivity contribution is -0.189. The predicted molar refractivity (Wildman–Crippen MR) is 127 cm³/mol. The number of methoxy groups -OCH3 is 1. The van der Waals surface area contributed by atoms with Crippen LogP contribution in [0.3, 0.4) is 0 Å². The van der Waals surface area contributed by atoms with Gasteiger partial charge in [-0.15, -0.1) is 0 Å². The van der Waals surface area contributed by atoms with E-state index in [4.69, 9.17) is 14.2 Å². The molecule has 0 fully saturated rings. The number of amides is 2. The number of aromatic nitrogens is 1. The van der Waals surface area contributed by atoms with Gasteiger partial charge in [-0.25, -0.2) is 14.2 Å². The Kier molecular flexibility index (Phi) is 8.21. The molecule has 8 nitrogen and oxygen atoms in total. The van der Waals surface area contributed by atoms with E-state index in [0.717, 1.165) is 6.92 Å². The number of alkyl halides is 3. The topological polar surface area (TPSA) is 98.8 Å². The van der Waals surface area contributed by atoms with Crippen molar-refractivity contribution in [3.05, 3.63) is 71.2 Å². The Morgan fingerprint density at radius 2 is 1.70 bits per heavy atom. The summed E-state index contributed by atoms with van der Waals surface area (Å²) < 4.78 is 69.6. The highest BCUT2D eigenvalue weighted by Gasteiger charge is 2.39. The van der Waals surface area contributed by atoms with Crippen molar-refractivity contribution in [2.45, 2.75) is 33.1 Å². The summed E-state index contributed by atoms with van der Waals surface area (Å²) in [5.74, 6) is -3.33. The number of carbonyl (C=O) groups is 2. The molecule has 1 heterocycles. The maximum atomic E-state index is 14.9. The number of nitrogens with one attached hydrogen (secondary N) is 2. The van der Waals surface area contributed by atoms with Crippen LogP contribution in [0.1, 0.15) is 28.4 Å². The molecule has 1 atom stereocenters. The van der Waals surface area contributed by atoms with Gasteiger partial charge in [0.15, 0.2) is 17.7 Å². The number of halogens is 4. The van der Waals surface area contributed by atoms with Crippen molar-refractivity contribution in [3.63, 3.8) is 0 Å². The number of anilines is 2. The van der Waals surface area contributed by atoms with Gasteiger partial charge < -0.3 is 19.5 Å². The summed E-state index contributed by atoms with van der Waals surface area (Å²) in [5.41, 5.74) is 1.02. The molecule has 2 amide bonds. The summed E-state index contributed by atoms with van der Waals surface area (Å²) in [5, 5.41) is 4.88. The van der Waals surface area contributed by atoms with E-state index >= 15 is 0 Å². The fraction of sp³-hybridized carbons (Fsp3) is 0.240. The van der Waals surface area contributed by atoms with Gasteiger partial charge in [0, 0.05) is 23.5 Å². The lowest BCUT2D eigenvalue weighted by Gasteiger charge is -2.21. The van der Waals surface area contributed by atoms with Crippen LogP contribution < -0.4 is 24.8 Å². The first-order chi connectivity index (χ1) is 17.4. The van der Waals surface area contributed by atoms with E-state index in [1.54, 1.807) is 44.2 Å². The molecule has 1 aromatic heterocycles. The van der Waals surface area contributed by atoms with Gasteiger partial charge in [-0.3, -0.25) is 10.1 Å². The van der Waals surface area contributed by atoms with Gasteiger partial charge in [-0.1, -0.05) is 18.2 Å². The second-order valence-corrected chi connectivity index (χ2v) is 7.87. The number of pyridine rings is 1. The number of para-hydroxylation sites is 1. The summed E-state index contributed by atoms with van der Waals surface area (Å²) in [7, 11) is 1.38. The first-order valence-electron chi connectivity index (χ1n) is 10.8. The molecule has 0 saturated carbocycles. The van der Waals surface area contributed by atoms with Crippen LogP contribution in [0.5, 0.6) is 17.4 Å². The second kappa shape index (κ2) is 11.1. The van der Waals surface area contributed by atoms with Crippen LogP contribution in [0.15, 0.2) is 48.7 Å². The number of hydrogen-bond donors (Lipinski definition) is 2. The Bertz CT molecular complexity index is 1300. The van der Waals surface area contributed by atoms with Crippen LogP contribution in [0.4, 0.5) is 33.7 Å². The van der Waals surface area contributed by atoms with Crippen molar-refractivity contribution >= 4 is 23.4 Å². The number of hydrogen-bond acceptors (Lipinski definition) is 6. The van der Waals surface area contributed by atoms with E-state index in [0.29, 0.717) is 28.9 Å². The highest BCUT2D eigenvalue weighted by molar-refractivity contribution is 6.07. The molecule has 0 aliphatic rings. The van der Waals surface area contributed by atoms with Crippen molar-refractivity contribution < 1.29 is 41.4 Å². The van der Waals surface area contributed by atoms with E-state index in [1.165, 1.54) is 13.3 Å². The minimum absolute atomic E-state index is 0.211. The molecular formula is C25H23F4N3O5. The number of benzene rings is 2. The van der Waals surface area contributed by atoms with Crippen molar-refractivity contribution in [2.75, 3.05) is 17.7 Å². The molecule has 0 saturated heterocycles. The van der Waals surface area contributed by atoms with Crippen LogP contribution in [-0.4, -0.2) is 36.4 Å². The van der Waals surface area contributed by atoms with Gasteiger partial charge in [0.2, 0.25) is 5.88 Å². The van der Waals surface area contributed by atoms with Crippen LogP contribution in [0.25, 0.3) is 0 Å². The SMILES string of the molecule is COc1ncc(C)c(NC(=O)c2cc(F)c(OC(=O)Nc3ccccc3)cc2O[C@@H](C)C(F)(F)F)c1C. The largest absolute Gasteiger partial charge is 0.481 e. The Balaban J connectivity index is 1.96. The van der Waals surface area contributed by atoms with Gasteiger partial charge in [0.1, 0.15) is 5.75 Å². The lowest BCUT2D eigenvalue weighted by Crippen LogP contribution is -2.32. The van der Waals surface area contributed by atoms with Crippen molar-refractivity contribution in [3.8, 4) is 17.4 Å². The minimum atomic E-state index is -4.79. The summed E-state index contributed by atoms with van der Waals surface area (Å²) in [6.45, 7) is 3.97. The minimum Gasteiger partial charge on any atom is -0.481 e. The fourth-order valence-electron chi connectivity index (χ4n) is 3.21. The summed E-state index contributed by atoms with van der Waals surface area (Å²) in [4.78, 5) is 29.3. The Labute approximate surface area is 209 Å². The monoisotopic (exact) mass is 521 g/mol. The van der Waals surface area contributed by atoms with Crippen molar-refractivity contribution in [2.24, 2.45) is 0 Å². The maximum Gasteiger partial charge on any atom is 0.425 e. The number of nitrogens with zero attached hydrogens (tertiary/aromatic N) is 1.